The topological polar surface area (TPSA) is 88.1 Å². The molecule has 7 nitrogen and oxygen atoms in total. The fraction of sp³-hybridized carbons (Fsp3) is 0.346. The molecule has 0 bridgehead atoms. The van der Waals surface area contributed by atoms with Gasteiger partial charge in [-0.1, -0.05) is 20.4 Å². The van der Waals surface area contributed by atoms with E-state index in [0.717, 1.165) is 5.56 Å². The minimum absolute atomic E-state index is 0.000385. The number of Topliss-reactive ketones (excluding diaryl/α,β-unsaturated/α-hetero) is 1. The molecule has 0 fully saturated rings. The van der Waals surface area contributed by atoms with Crippen LogP contribution in [0.1, 0.15) is 69.4 Å². The van der Waals surface area contributed by atoms with Crippen LogP contribution in [0.5, 0.6) is 17.2 Å². The molecule has 0 atom stereocenters. The second kappa shape index (κ2) is 9.90. The van der Waals surface area contributed by atoms with Gasteiger partial charge < -0.3 is 18.9 Å². The van der Waals surface area contributed by atoms with E-state index in [1.54, 1.807) is 25.1 Å². The molecule has 0 unspecified atom stereocenters. The number of rotatable bonds is 7. The number of carbonyl (C=O) groups is 3. The quantitative estimate of drug-likeness (QED) is 0.314. The van der Waals surface area contributed by atoms with Gasteiger partial charge in [-0.2, -0.15) is 0 Å². The zero-order valence-corrected chi connectivity index (χ0v) is 19.6. The lowest BCUT2D eigenvalue weighted by atomic mass is 9.97. The SMILES string of the molecule is C=C(C)COC(=O)c1cc(C)cc2c1Oc1ccc(C(=O)CC(C)C)c(OC)c1C(=O)OC2. The molecule has 174 valence electrons. The first-order valence-electron chi connectivity index (χ1n) is 10.7. The largest absolute Gasteiger partial charge is 0.495 e. The van der Waals surface area contributed by atoms with E-state index < -0.39 is 11.9 Å². The van der Waals surface area contributed by atoms with Crippen molar-refractivity contribution in [3.63, 3.8) is 0 Å². The molecule has 0 aliphatic carbocycles. The number of ketones is 1. The Morgan fingerprint density at radius 2 is 1.91 bits per heavy atom. The van der Waals surface area contributed by atoms with Crippen LogP contribution in [0.25, 0.3) is 0 Å². The minimum atomic E-state index is -0.681. The highest BCUT2D eigenvalue weighted by atomic mass is 16.6. The number of fused-ring (bicyclic) bond motifs is 2. The van der Waals surface area contributed by atoms with Crippen molar-refractivity contribution in [3.8, 4) is 17.2 Å². The summed E-state index contributed by atoms with van der Waals surface area (Å²) in [6.45, 7) is 11.1. The van der Waals surface area contributed by atoms with Crippen molar-refractivity contribution in [2.24, 2.45) is 5.92 Å². The summed E-state index contributed by atoms with van der Waals surface area (Å²) >= 11 is 0. The van der Waals surface area contributed by atoms with Crippen LogP contribution in [-0.4, -0.2) is 31.4 Å². The number of aryl methyl sites for hydroxylation is 1. The predicted octanol–water partition coefficient (Wildman–Crippen LogP) is 5.43. The number of carbonyl (C=O) groups excluding carboxylic acids is 3. The highest BCUT2D eigenvalue weighted by molar-refractivity contribution is 6.05. The molecule has 7 heteroatoms. The number of ether oxygens (including phenoxy) is 4. The Morgan fingerprint density at radius 1 is 1.18 bits per heavy atom. The zero-order chi connectivity index (χ0) is 24.3. The first-order chi connectivity index (χ1) is 15.6. The Bertz CT molecular complexity index is 1130. The van der Waals surface area contributed by atoms with E-state index >= 15 is 0 Å². The molecular weight excluding hydrogens is 424 g/mol. The number of methoxy groups -OCH3 is 1. The maximum Gasteiger partial charge on any atom is 0.346 e. The summed E-state index contributed by atoms with van der Waals surface area (Å²) in [4.78, 5) is 38.5. The second-order valence-corrected chi connectivity index (χ2v) is 8.55. The summed E-state index contributed by atoms with van der Waals surface area (Å²) < 4.78 is 22.4. The lowest BCUT2D eigenvalue weighted by Crippen LogP contribution is -2.17. The summed E-state index contributed by atoms with van der Waals surface area (Å²) in [6, 6.07) is 6.51. The van der Waals surface area contributed by atoms with Gasteiger partial charge in [0, 0.05) is 12.0 Å². The summed E-state index contributed by atoms with van der Waals surface area (Å²) in [5.41, 5.74) is 2.48. The molecule has 2 aromatic rings. The Balaban J connectivity index is 2.13. The number of hydrogen-bond acceptors (Lipinski definition) is 7. The monoisotopic (exact) mass is 452 g/mol. The average Bonchev–Trinajstić information content (AvgIpc) is 2.74. The second-order valence-electron chi connectivity index (χ2n) is 8.55. The van der Waals surface area contributed by atoms with Crippen molar-refractivity contribution in [2.75, 3.05) is 13.7 Å². The van der Waals surface area contributed by atoms with Crippen LogP contribution >= 0.6 is 0 Å². The van der Waals surface area contributed by atoms with Gasteiger partial charge in [-0.25, -0.2) is 9.59 Å². The summed E-state index contributed by atoms with van der Waals surface area (Å²) in [5, 5.41) is 0. The zero-order valence-electron chi connectivity index (χ0n) is 19.6. The van der Waals surface area contributed by atoms with Gasteiger partial charge in [0.1, 0.15) is 41.6 Å². The fourth-order valence-corrected chi connectivity index (χ4v) is 3.57. The molecule has 33 heavy (non-hydrogen) atoms. The molecule has 0 amide bonds. The molecule has 0 spiro atoms. The van der Waals surface area contributed by atoms with Crippen LogP contribution < -0.4 is 9.47 Å². The Labute approximate surface area is 193 Å². The van der Waals surface area contributed by atoms with E-state index in [2.05, 4.69) is 6.58 Å². The fourth-order valence-electron chi connectivity index (χ4n) is 3.57. The Kier molecular flexibility index (Phi) is 7.21. The number of esters is 2. The third-order valence-electron chi connectivity index (χ3n) is 4.97. The molecule has 1 aliphatic rings. The standard InChI is InChI=1S/C26H28O7/c1-14(2)9-20(27)18-7-8-21-22(24(18)30-6)26(29)32-13-17-10-16(5)11-19(23(17)33-21)25(28)31-12-15(3)4/h7-8,10-11,14H,3,9,12-13H2,1-2,4-6H3. The van der Waals surface area contributed by atoms with E-state index in [1.807, 2.05) is 20.8 Å². The number of benzene rings is 2. The highest BCUT2D eigenvalue weighted by Crippen LogP contribution is 2.41. The third kappa shape index (κ3) is 5.25. The molecule has 0 radical (unpaired) electrons. The first kappa shape index (κ1) is 24.0. The van der Waals surface area contributed by atoms with Crippen LogP contribution in [0.2, 0.25) is 0 Å². The van der Waals surface area contributed by atoms with E-state index in [9.17, 15) is 14.4 Å². The minimum Gasteiger partial charge on any atom is -0.495 e. The van der Waals surface area contributed by atoms with E-state index in [4.69, 9.17) is 18.9 Å². The van der Waals surface area contributed by atoms with E-state index in [0.29, 0.717) is 17.6 Å². The van der Waals surface area contributed by atoms with Crippen LogP contribution in [0.3, 0.4) is 0 Å². The molecule has 1 heterocycles. The van der Waals surface area contributed by atoms with Crippen molar-refractivity contribution in [3.05, 3.63) is 64.2 Å². The number of cyclic esters (lactones) is 1. The normalized spacial score (nSPS) is 12.5. The molecule has 0 saturated carbocycles. The molecule has 1 aliphatic heterocycles. The Hall–Kier alpha value is -3.61. The number of hydrogen-bond donors (Lipinski definition) is 0. The van der Waals surface area contributed by atoms with Gasteiger partial charge in [-0.3, -0.25) is 4.79 Å². The third-order valence-corrected chi connectivity index (χ3v) is 4.97. The van der Waals surface area contributed by atoms with Crippen molar-refractivity contribution in [2.45, 2.75) is 40.7 Å². The molecule has 0 saturated heterocycles. The van der Waals surface area contributed by atoms with Gasteiger partial charge in [0.05, 0.1) is 12.7 Å². The van der Waals surface area contributed by atoms with Crippen LogP contribution in [0.15, 0.2) is 36.4 Å². The maximum atomic E-state index is 12.9. The molecule has 0 aromatic heterocycles. The van der Waals surface area contributed by atoms with Gasteiger partial charge in [-0.05, 0) is 55.2 Å². The van der Waals surface area contributed by atoms with E-state index in [-0.39, 0.29) is 58.9 Å². The van der Waals surface area contributed by atoms with Crippen LogP contribution in [0, 0.1) is 12.8 Å². The van der Waals surface area contributed by atoms with Crippen molar-refractivity contribution in [1.29, 1.82) is 0 Å². The van der Waals surface area contributed by atoms with Gasteiger partial charge in [0.2, 0.25) is 0 Å². The molecule has 0 N–H and O–H groups in total. The van der Waals surface area contributed by atoms with Gasteiger partial charge in [0.25, 0.3) is 0 Å². The van der Waals surface area contributed by atoms with Gasteiger partial charge >= 0.3 is 11.9 Å². The lowest BCUT2D eigenvalue weighted by Gasteiger charge is -2.23. The summed E-state index contributed by atoms with van der Waals surface area (Å²) in [7, 11) is 1.38. The van der Waals surface area contributed by atoms with Gasteiger partial charge in [-0.15, -0.1) is 0 Å². The maximum absolute atomic E-state index is 12.9. The van der Waals surface area contributed by atoms with Crippen LogP contribution in [0.4, 0.5) is 0 Å². The van der Waals surface area contributed by atoms with Crippen molar-refractivity contribution in [1.82, 2.24) is 0 Å². The summed E-state index contributed by atoms with van der Waals surface area (Å²) in [5.74, 6) is -0.845. The molecule has 2 aromatic carbocycles. The smallest absolute Gasteiger partial charge is 0.346 e. The Morgan fingerprint density at radius 3 is 2.55 bits per heavy atom. The van der Waals surface area contributed by atoms with E-state index in [1.165, 1.54) is 13.2 Å². The van der Waals surface area contributed by atoms with Gasteiger partial charge in [0.15, 0.2) is 5.78 Å². The lowest BCUT2D eigenvalue weighted by molar-refractivity contribution is 0.0455. The van der Waals surface area contributed by atoms with Crippen molar-refractivity contribution >= 4 is 17.7 Å². The molecule has 3 rings (SSSR count). The summed E-state index contributed by atoms with van der Waals surface area (Å²) in [6.07, 6.45) is 0.297. The highest BCUT2D eigenvalue weighted by Gasteiger charge is 2.31. The van der Waals surface area contributed by atoms with Crippen LogP contribution in [-0.2, 0) is 16.1 Å². The molecular formula is C26H28O7. The predicted molar refractivity (Wildman–Crippen MR) is 122 cm³/mol. The van der Waals surface area contributed by atoms with Crippen molar-refractivity contribution < 1.29 is 33.3 Å². The first-order valence-corrected chi connectivity index (χ1v) is 10.7. The average molecular weight is 453 g/mol.